The minimum atomic E-state index is 0.828. The van der Waals surface area contributed by atoms with E-state index in [0.29, 0.717) is 0 Å². The fourth-order valence-electron chi connectivity index (χ4n) is 2.20. The van der Waals surface area contributed by atoms with Crippen LogP contribution in [0.1, 0.15) is 16.7 Å². The Morgan fingerprint density at radius 1 is 0.938 bits per heavy atom. The van der Waals surface area contributed by atoms with Crippen molar-refractivity contribution in [2.24, 2.45) is 0 Å². The lowest BCUT2D eigenvalue weighted by molar-refractivity contribution is 1.32. The number of hydrogen-bond donors (Lipinski definition) is 1. The molecule has 1 aliphatic rings. The van der Waals surface area contributed by atoms with Crippen LogP contribution in [0.2, 0.25) is 0 Å². The maximum atomic E-state index is 5.80. The monoisotopic (exact) mass is 207 g/mol. The molecule has 0 radical (unpaired) electrons. The van der Waals surface area contributed by atoms with E-state index in [-0.39, 0.29) is 0 Å². The third-order valence-electron chi connectivity index (χ3n) is 3.02. The van der Waals surface area contributed by atoms with Crippen LogP contribution in [0.3, 0.4) is 0 Å². The minimum Gasteiger partial charge on any atom is -0.399 e. The number of anilines is 1. The summed E-state index contributed by atoms with van der Waals surface area (Å²) >= 11 is 0. The number of allylic oxidation sites excluding steroid dienone is 1. The van der Waals surface area contributed by atoms with Gasteiger partial charge in [-0.1, -0.05) is 42.5 Å². The molecular weight excluding hydrogens is 194 g/mol. The molecule has 2 aromatic rings. The molecule has 0 aliphatic heterocycles. The molecule has 1 aliphatic carbocycles. The first-order valence-electron chi connectivity index (χ1n) is 5.47. The second kappa shape index (κ2) is 3.53. The molecule has 0 heterocycles. The highest BCUT2D eigenvalue weighted by Gasteiger charge is 2.12. The normalized spacial score (nSPS) is 13.4. The van der Waals surface area contributed by atoms with Gasteiger partial charge in [0.2, 0.25) is 0 Å². The molecule has 0 fully saturated rings. The zero-order valence-corrected chi connectivity index (χ0v) is 8.98. The van der Waals surface area contributed by atoms with E-state index in [2.05, 4.69) is 36.4 Å². The molecule has 1 heteroatoms. The van der Waals surface area contributed by atoms with Crippen molar-refractivity contribution in [3.05, 3.63) is 65.2 Å². The van der Waals surface area contributed by atoms with Crippen LogP contribution in [-0.2, 0) is 6.42 Å². The molecule has 0 spiro atoms. The predicted octanol–water partition coefficient (Wildman–Crippen LogP) is 3.37. The Bertz CT molecular complexity index is 567. The second-order valence-electron chi connectivity index (χ2n) is 4.17. The van der Waals surface area contributed by atoms with Crippen molar-refractivity contribution in [3.8, 4) is 0 Å². The fraction of sp³-hybridized carbons (Fsp3) is 0.0667. The van der Waals surface area contributed by atoms with E-state index in [1.165, 1.54) is 22.3 Å². The Morgan fingerprint density at radius 2 is 1.81 bits per heavy atom. The van der Waals surface area contributed by atoms with Gasteiger partial charge in [-0.3, -0.25) is 0 Å². The molecule has 0 unspecified atom stereocenters. The fourth-order valence-corrected chi connectivity index (χ4v) is 2.20. The van der Waals surface area contributed by atoms with E-state index in [1.54, 1.807) is 0 Å². The first kappa shape index (κ1) is 9.22. The van der Waals surface area contributed by atoms with Gasteiger partial charge in [0.15, 0.2) is 0 Å². The topological polar surface area (TPSA) is 26.0 Å². The largest absolute Gasteiger partial charge is 0.399 e. The SMILES string of the molecule is Nc1cccc(C2=Cc3ccccc3C2)c1. The molecule has 0 saturated carbocycles. The first-order valence-corrected chi connectivity index (χ1v) is 5.47. The zero-order chi connectivity index (χ0) is 11.0. The molecule has 0 aromatic heterocycles. The Morgan fingerprint density at radius 3 is 2.62 bits per heavy atom. The van der Waals surface area contributed by atoms with Crippen molar-refractivity contribution in [2.75, 3.05) is 5.73 Å². The summed E-state index contributed by atoms with van der Waals surface area (Å²) in [5.41, 5.74) is 12.0. The molecule has 0 amide bonds. The van der Waals surface area contributed by atoms with Gasteiger partial charge in [0.05, 0.1) is 0 Å². The van der Waals surface area contributed by atoms with Crippen molar-refractivity contribution in [3.63, 3.8) is 0 Å². The average Bonchev–Trinajstić information content (AvgIpc) is 2.72. The quantitative estimate of drug-likeness (QED) is 0.713. The van der Waals surface area contributed by atoms with Crippen LogP contribution < -0.4 is 5.73 Å². The second-order valence-corrected chi connectivity index (χ2v) is 4.17. The number of nitrogen functional groups attached to an aromatic ring is 1. The molecule has 0 atom stereocenters. The van der Waals surface area contributed by atoms with Gasteiger partial charge in [-0.05, 0) is 40.8 Å². The summed E-state index contributed by atoms with van der Waals surface area (Å²) in [6, 6.07) is 16.6. The van der Waals surface area contributed by atoms with E-state index in [0.717, 1.165) is 12.1 Å². The van der Waals surface area contributed by atoms with Crippen molar-refractivity contribution >= 4 is 17.3 Å². The summed E-state index contributed by atoms with van der Waals surface area (Å²) in [4.78, 5) is 0. The molecular formula is C15H13N. The third kappa shape index (κ3) is 1.50. The minimum absolute atomic E-state index is 0.828. The average molecular weight is 207 g/mol. The predicted molar refractivity (Wildman–Crippen MR) is 68.9 cm³/mol. The molecule has 16 heavy (non-hydrogen) atoms. The van der Waals surface area contributed by atoms with E-state index < -0.39 is 0 Å². The first-order chi connectivity index (χ1) is 7.83. The van der Waals surface area contributed by atoms with Gasteiger partial charge >= 0.3 is 0 Å². The van der Waals surface area contributed by atoms with E-state index >= 15 is 0 Å². The summed E-state index contributed by atoms with van der Waals surface area (Å²) in [5.74, 6) is 0. The summed E-state index contributed by atoms with van der Waals surface area (Å²) in [6.07, 6.45) is 3.27. The van der Waals surface area contributed by atoms with E-state index in [1.807, 2.05) is 18.2 Å². The zero-order valence-electron chi connectivity index (χ0n) is 8.98. The van der Waals surface area contributed by atoms with Crippen LogP contribution in [-0.4, -0.2) is 0 Å². The van der Waals surface area contributed by atoms with Gasteiger partial charge in [-0.25, -0.2) is 0 Å². The van der Waals surface area contributed by atoms with Gasteiger partial charge in [0.25, 0.3) is 0 Å². The van der Waals surface area contributed by atoms with Gasteiger partial charge < -0.3 is 5.73 Å². The van der Waals surface area contributed by atoms with Crippen LogP contribution in [0.5, 0.6) is 0 Å². The number of hydrogen-bond acceptors (Lipinski definition) is 1. The Hall–Kier alpha value is -2.02. The molecule has 0 saturated heterocycles. The Kier molecular flexibility index (Phi) is 2.03. The number of benzene rings is 2. The van der Waals surface area contributed by atoms with Crippen molar-refractivity contribution < 1.29 is 0 Å². The summed E-state index contributed by atoms with van der Waals surface area (Å²) < 4.78 is 0. The molecule has 78 valence electrons. The van der Waals surface area contributed by atoms with Crippen LogP contribution in [0.4, 0.5) is 5.69 Å². The van der Waals surface area contributed by atoms with Gasteiger partial charge in [-0.15, -0.1) is 0 Å². The number of fused-ring (bicyclic) bond motifs is 1. The third-order valence-corrected chi connectivity index (χ3v) is 3.02. The maximum absolute atomic E-state index is 5.80. The highest BCUT2D eigenvalue weighted by atomic mass is 14.5. The van der Waals surface area contributed by atoms with Crippen molar-refractivity contribution in [1.29, 1.82) is 0 Å². The van der Waals surface area contributed by atoms with Crippen LogP contribution in [0, 0.1) is 0 Å². The van der Waals surface area contributed by atoms with Crippen molar-refractivity contribution in [1.82, 2.24) is 0 Å². The summed E-state index contributed by atoms with van der Waals surface area (Å²) in [5, 5.41) is 0. The highest BCUT2D eigenvalue weighted by Crippen LogP contribution is 2.31. The van der Waals surface area contributed by atoms with Crippen molar-refractivity contribution in [2.45, 2.75) is 6.42 Å². The molecule has 2 N–H and O–H groups in total. The van der Waals surface area contributed by atoms with Gasteiger partial charge in [0, 0.05) is 5.69 Å². The highest BCUT2D eigenvalue weighted by molar-refractivity contribution is 5.89. The van der Waals surface area contributed by atoms with Gasteiger partial charge in [0.1, 0.15) is 0 Å². The molecule has 1 nitrogen and oxygen atoms in total. The molecule has 0 bridgehead atoms. The number of rotatable bonds is 1. The lowest BCUT2D eigenvalue weighted by atomic mass is 10.0. The molecule has 2 aromatic carbocycles. The number of nitrogens with two attached hydrogens (primary N) is 1. The summed E-state index contributed by atoms with van der Waals surface area (Å²) in [7, 11) is 0. The Balaban J connectivity index is 2.02. The summed E-state index contributed by atoms with van der Waals surface area (Å²) in [6.45, 7) is 0. The standard InChI is InChI=1S/C15H13N/c16-15-7-3-6-13(10-15)14-8-11-4-1-2-5-12(11)9-14/h1-8,10H,9,16H2. The lowest BCUT2D eigenvalue weighted by Crippen LogP contribution is -1.88. The maximum Gasteiger partial charge on any atom is 0.0320 e. The Labute approximate surface area is 95.2 Å². The van der Waals surface area contributed by atoms with E-state index in [9.17, 15) is 0 Å². The van der Waals surface area contributed by atoms with Gasteiger partial charge in [-0.2, -0.15) is 0 Å². The van der Waals surface area contributed by atoms with Crippen LogP contribution >= 0.6 is 0 Å². The lowest BCUT2D eigenvalue weighted by Gasteiger charge is -2.03. The smallest absolute Gasteiger partial charge is 0.0320 e. The molecule has 3 rings (SSSR count). The van der Waals surface area contributed by atoms with Crippen LogP contribution in [0.25, 0.3) is 11.6 Å². The van der Waals surface area contributed by atoms with E-state index in [4.69, 9.17) is 5.73 Å². The van der Waals surface area contributed by atoms with Crippen LogP contribution in [0.15, 0.2) is 48.5 Å².